The highest BCUT2D eigenvalue weighted by atomic mass is 16.5. The van der Waals surface area contributed by atoms with E-state index in [0.29, 0.717) is 31.7 Å². The summed E-state index contributed by atoms with van der Waals surface area (Å²) in [5, 5.41) is 8.66. The number of benzene rings is 2. The van der Waals surface area contributed by atoms with E-state index in [-0.39, 0.29) is 18.4 Å². The predicted octanol–water partition coefficient (Wildman–Crippen LogP) is 2.43. The second kappa shape index (κ2) is 10.9. The standard InChI is InChI=1S/C20H25N3O3/c1-26-13-12-21-20(25)15-22-17-8-5-9-18(14-17)23-19(24)11-10-16-6-3-2-4-7-16/h2-9,14,22H,10-13,15H2,1H3,(H,21,25)(H,23,24). The van der Waals surface area contributed by atoms with Crippen LogP contribution >= 0.6 is 0 Å². The normalized spacial score (nSPS) is 10.2. The first-order chi connectivity index (χ1) is 12.7. The second-order valence-electron chi connectivity index (χ2n) is 5.81. The van der Waals surface area contributed by atoms with Crippen molar-refractivity contribution in [3.05, 3.63) is 60.2 Å². The minimum absolute atomic E-state index is 0.0386. The van der Waals surface area contributed by atoms with E-state index in [1.54, 1.807) is 7.11 Å². The van der Waals surface area contributed by atoms with Crippen LogP contribution in [0, 0.1) is 0 Å². The smallest absolute Gasteiger partial charge is 0.239 e. The van der Waals surface area contributed by atoms with Crippen LogP contribution in [0.1, 0.15) is 12.0 Å². The van der Waals surface area contributed by atoms with Gasteiger partial charge in [-0.1, -0.05) is 36.4 Å². The van der Waals surface area contributed by atoms with Gasteiger partial charge in [0.2, 0.25) is 11.8 Å². The molecule has 2 aromatic carbocycles. The number of methoxy groups -OCH3 is 1. The van der Waals surface area contributed by atoms with E-state index in [2.05, 4.69) is 16.0 Å². The Morgan fingerprint density at radius 1 is 0.962 bits per heavy atom. The summed E-state index contributed by atoms with van der Waals surface area (Å²) < 4.78 is 4.88. The fourth-order valence-corrected chi connectivity index (χ4v) is 2.37. The van der Waals surface area contributed by atoms with E-state index < -0.39 is 0 Å². The number of carbonyl (C=O) groups is 2. The molecule has 0 unspecified atom stereocenters. The lowest BCUT2D eigenvalue weighted by Gasteiger charge is -2.10. The fourth-order valence-electron chi connectivity index (χ4n) is 2.37. The van der Waals surface area contributed by atoms with Gasteiger partial charge in [-0.15, -0.1) is 0 Å². The van der Waals surface area contributed by atoms with Crippen LogP contribution in [0.15, 0.2) is 54.6 Å². The van der Waals surface area contributed by atoms with E-state index in [9.17, 15) is 9.59 Å². The molecule has 3 N–H and O–H groups in total. The van der Waals surface area contributed by atoms with Crippen molar-refractivity contribution in [2.24, 2.45) is 0 Å². The molecule has 0 heterocycles. The Bertz CT molecular complexity index is 704. The van der Waals surface area contributed by atoms with Gasteiger partial charge in [-0.05, 0) is 30.2 Å². The molecule has 26 heavy (non-hydrogen) atoms. The molecular formula is C20H25N3O3. The van der Waals surface area contributed by atoms with Gasteiger partial charge in [0.1, 0.15) is 0 Å². The Labute approximate surface area is 153 Å². The molecule has 0 bridgehead atoms. The van der Waals surface area contributed by atoms with Gasteiger partial charge >= 0.3 is 0 Å². The lowest BCUT2D eigenvalue weighted by Crippen LogP contribution is -2.32. The zero-order chi connectivity index (χ0) is 18.6. The highest BCUT2D eigenvalue weighted by Crippen LogP contribution is 2.15. The molecule has 0 aliphatic carbocycles. The molecule has 2 aromatic rings. The Morgan fingerprint density at radius 2 is 1.73 bits per heavy atom. The summed E-state index contributed by atoms with van der Waals surface area (Å²) in [7, 11) is 1.59. The van der Waals surface area contributed by atoms with Gasteiger partial charge in [-0.2, -0.15) is 0 Å². The van der Waals surface area contributed by atoms with Crippen molar-refractivity contribution in [3.8, 4) is 0 Å². The molecule has 2 rings (SSSR count). The van der Waals surface area contributed by atoms with Crippen LogP contribution in [0.4, 0.5) is 11.4 Å². The number of hydrogen-bond donors (Lipinski definition) is 3. The summed E-state index contributed by atoms with van der Waals surface area (Å²) in [4.78, 5) is 23.8. The number of ether oxygens (including phenoxy) is 1. The molecule has 0 saturated heterocycles. The van der Waals surface area contributed by atoms with E-state index >= 15 is 0 Å². The molecule has 6 nitrogen and oxygen atoms in total. The molecule has 0 spiro atoms. The van der Waals surface area contributed by atoms with Crippen molar-refractivity contribution < 1.29 is 14.3 Å². The van der Waals surface area contributed by atoms with Gasteiger partial charge in [-0.3, -0.25) is 9.59 Å². The average Bonchev–Trinajstić information content (AvgIpc) is 2.66. The number of nitrogens with one attached hydrogen (secondary N) is 3. The van der Waals surface area contributed by atoms with Crippen LogP contribution in [-0.4, -0.2) is 38.6 Å². The van der Waals surface area contributed by atoms with Crippen LogP contribution in [0.2, 0.25) is 0 Å². The summed E-state index contributed by atoms with van der Waals surface area (Å²) in [5.74, 6) is -0.150. The largest absolute Gasteiger partial charge is 0.383 e. The maximum atomic E-state index is 12.1. The molecule has 6 heteroatoms. The van der Waals surface area contributed by atoms with E-state index in [1.807, 2.05) is 54.6 Å². The third-order valence-electron chi connectivity index (χ3n) is 3.71. The van der Waals surface area contributed by atoms with Gasteiger partial charge in [0, 0.05) is 31.5 Å². The van der Waals surface area contributed by atoms with Crippen molar-refractivity contribution in [1.29, 1.82) is 0 Å². The minimum Gasteiger partial charge on any atom is -0.383 e. The van der Waals surface area contributed by atoms with Crippen LogP contribution in [-0.2, 0) is 20.7 Å². The third kappa shape index (κ3) is 7.36. The third-order valence-corrected chi connectivity index (χ3v) is 3.71. The summed E-state index contributed by atoms with van der Waals surface area (Å²) in [5.41, 5.74) is 2.61. The summed E-state index contributed by atoms with van der Waals surface area (Å²) in [6, 6.07) is 17.2. The first-order valence-corrected chi connectivity index (χ1v) is 8.60. The molecule has 0 radical (unpaired) electrons. The van der Waals surface area contributed by atoms with E-state index in [1.165, 1.54) is 0 Å². The molecular weight excluding hydrogens is 330 g/mol. The molecule has 0 aliphatic rings. The van der Waals surface area contributed by atoms with E-state index in [4.69, 9.17) is 4.74 Å². The number of aryl methyl sites for hydroxylation is 1. The van der Waals surface area contributed by atoms with Gasteiger partial charge in [0.15, 0.2) is 0 Å². The van der Waals surface area contributed by atoms with Crippen LogP contribution < -0.4 is 16.0 Å². The van der Waals surface area contributed by atoms with Gasteiger partial charge in [0.25, 0.3) is 0 Å². The predicted molar refractivity (Wildman–Crippen MR) is 103 cm³/mol. The van der Waals surface area contributed by atoms with E-state index in [0.717, 1.165) is 11.3 Å². The highest BCUT2D eigenvalue weighted by molar-refractivity contribution is 5.91. The maximum Gasteiger partial charge on any atom is 0.239 e. The van der Waals surface area contributed by atoms with Crippen molar-refractivity contribution in [2.75, 3.05) is 37.4 Å². The van der Waals surface area contributed by atoms with Crippen molar-refractivity contribution in [2.45, 2.75) is 12.8 Å². The van der Waals surface area contributed by atoms with Crippen molar-refractivity contribution >= 4 is 23.2 Å². The zero-order valence-electron chi connectivity index (χ0n) is 15.0. The maximum absolute atomic E-state index is 12.1. The summed E-state index contributed by atoms with van der Waals surface area (Å²) in [6.45, 7) is 1.12. The Kier molecular flexibility index (Phi) is 8.15. The average molecular weight is 355 g/mol. The summed E-state index contributed by atoms with van der Waals surface area (Å²) in [6.07, 6.45) is 1.12. The molecule has 138 valence electrons. The molecule has 2 amide bonds. The monoisotopic (exact) mass is 355 g/mol. The first kappa shape index (κ1) is 19.5. The number of rotatable bonds is 10. The Hall–Kier alpha value is -2.86. The van der Waals surface area contributed by atoms with Crippen molar-refractivity contribution in [1.82, 2.24) is 5.32 Å². The number of hydrogen-bond acceptors (Lipinski definition) is 4. The number of amides is 2. The molecule has 0 fully saturated rings. The molecule has 0 aliphatic heterocycles. The molecule has 0 aromatic heterocycles. The molecule has 0 atom stereocenters. The van der Waals surface area contributed by atoms with Crippen LogP contribution in [0.3, 0.4) is 0 Å². The molecule has 0 saturated carbocycles. The Balaban J connectivity index is 1.77. The van der Waals surface area contributed by atoms with Gasteiger partial charge < -0.3 is 20.7 Å². The quantitative estimate of drug-likeness (QED) is 0.572. The lowest BCUT2D eigenvalue weighted by molar-refractivity contribution is -0.119. The van der Waals surface area contributed by atoms with Crippen molar-refractivity contribution in [3.63, 3.8) is 0 Å². The first-order valence-electron chi connectivity index (χ1n) is 8.60. The second-order valence-corrected chi connectivity index (χ2v) is 5.81. The fraction of sp³-hybridized carbons (Fsp3) is 0.300. The minimum atomic E-state index is -0.112. The van der Waals surface area contributed by atoms with Gasteiger partial charge in [0.05, 0.1) is 13.2 Å². The zero-order valence-corrected chi connectivity index (χ0v) is 15.0. The number of anilines is 2. The SMILES string of the molecule is COCCNC(=O)CNc1cccc(NC(=O)CCc2ccccc2)c1. The Morgan fingerprint density at radius 3 is 2.50 bits per heavy atom. The van der Waals surface area contributed by atoms with Crippen LogP contribution in [0.25, 0.3) is 0 Å². The summed E-state index contributed by atoms with van der Waals surface area (Å²) >= 11 is 0. The highest BCUT2D eigenvalue weighted by Gasteiger charge is 2.05. The number of carbonyl (C=O) groups excluding carboxylic acids is 2. The lowest BCUT2D eigenvalue weighted by atomic mass is 10.1. The topological polar surface area (TPSA) is 79.5 Å². The van der Waals surface area contributed by atoms with Gasteiger partial charge in [-0.25, -0.2) is 0 Å². The van der Waals surface area contributed by atoms with Crippen LogP contribution in [0.5, 0.6) is 0 Å².